The number of hydrogen-bond acceptors (Lipinski definition) is 4. The lowest BCUT2D eigenvalue weighted by molar-refractivity contribution is 0.0696. The van der Waals surface area contributed by atoms with Gasteiger partial charge in [-0.05, 0) is 58.7 Å². The first-order valence-electron chi connectivity index (χ1n) is 10.2. The minimum atomic E-state index is -3.54. The predicted molar refractivity (Wildman–Crippen MR) is 138 cm³/mol. The predicted octanol–water partition coefficient (Wildman–Crippen LogP) is 6.02. The lowest BCUT2D eigenvalue weighted by Gasteiger charge is -2.41. The van der Waals surface area contributed by atoms with E-state index in [1.54, 1.807) is 12.1 Å². The van der Waals surface area contributed by atoms with E-state index >= 15 is 0 Å². The summed E-state index contributed by atoms with van der Waals surface area (Å²) >= 11 is 12.1. The van der Waals surface area contributed by atoms with E-state index in [2.05, 4.69) is 4.90 Å². The van der Waals surface area contributed by atoms with Gasteiger partial charge in [-0.25, -0.2) is 13.2 Å². The van der Waals surface area contributed by atoms with Crippen LogP contribution in [0.1, 0.15) is 33.1 Å². The first-order chi connectivity index (χ1) is 15.7. The Kier molecular flexibility index (Phi) is 8.44. The molecule has 0 radical (unpaired) electrons. The zero-order valence-corrected chi connectivity index (χ0v) is 21.0. The number of aromatic carboxylic acids is 1. The van der Waals surface area contributed by atoms with Gasteiger partial charge in [-0.15, -0.1) is 12.4 Å². The number of benzene rings is 3. The molecule has 1 saturated heterocycles. The van der Waals surface area contributed by atoms with Crippen molar-refractivity contribution in [2.24, 2.45) is 0 Å². The van der Waals surface area contributed by atoms with Crippen LogP contribution in [0.2, 0.25) is 10.0 Å². The molecular formula is C25H22Cl3NO4S. The molecule has 34 heavy (non-hydrogen) atoms. The SMILES string of the molecule is Cl.O=C(O)c1cccc(CS(=O)(=O)C=C2CN(C(c3ccc(Cl)cc3)c3ccc(Cl)cc3)C2)c1. The molecular weight excluding hydrogens is 517 g/mol. The average Bonchev–Trinajstić information content (AvgIpc) is 2.74. The Morgan fingerprint density at radius 1 is 0.941 bits per heavy atom. The van der Waals surface area contributed by atoms with E-state index in [1.807, 2.05) is 48.5 Å². The molecule has 1 heterocycles. The fourth-order valence-corrected chi connectivity index (χ4v) is 5.60. The van der Waals surface area contributed by atoms with Gasteiger partial charge in [0.2, 0.25) is 0 Å². The highest BCUT2D eigenvalue weighted by atomic mass is 35.5. The standard InChI is InChI=1S/C25H21Cl2NO4S.ClH/c26-22-8-4-19(5-9-22)24(20-6-10-23(27)11-7-20)28-13-18(14-28)16-33(31,32)15-17-2-1-3-21(12-17)25(29)30;/h1-12,16,24H,13-15H2,(H,29,30);1H. The lowest BCUT2D eigenvalue weighted by atomic mass is 9.93. The number of hydrogen-bond donors (Lipinski definition) is 1. The fourth-order valence-electron chi connectivity index (χ4n) is 3.96. The summed E-state index contributed by atoms with van der Waals surface area (Å²) in [5.41, 5.74) is 3.42. The van der Waals surface area contributed by atoms with Crippen LogP contribution in [0.25, 0.3) is 0 Å². The summed E-state index contributed by atoms with van der Waals surface area (Å²) in [6.45, 7) is 1.01. The number of nitrogens with zero attached hydrogens (tertiary/aromatic N) is 1. The summed E-state index contributed by atoms with van der Waals surface area (Å²) in [7, 11) is -3.54. The normalized spacial score (nSPS) is 13.8. The molecule has 3 aromatic carbocycles. The Bertz CT molecular complexity index is 1250. The van der Waals surface area contributed by atoms with Gasteiger partial charge >= 0.3 is 5.97 Å². The van der Waals surface area contributed by atoms with Gasteiger partial charge in [0.1, 0.15) is 0 Å². The largest absolute Gasteiger partial charge is 0.478 e. The van der Waals surface area contributed by atoms with E-state index in [0.29, 0.717) is 28.7 Å². The lowest BCUT2D eigenvalue weighted by Crippen LogP contribution is -2.43. The van der Waals surface area contributed by atoms with Crippen LogP contribution in [0, 0.1) is 0 Å². The number of sulfone groups is 1. The number of halogens is 3. The van der Waals surface area contributed by atoms with Crippen molar-refractivity contribution in [2.75, 3.05) is 13.1 Å². The first-order valence-corrected chi connectivity index (χ1v) is 12.7. The summed E-state index contributed by atoms with van der Waals surface area (Å²) in [5, 5.41) is 11.7. The maximum absolute atomic E-state index is 12.7. The smallest absolute Gasteiger partial charge is 0.335 e. The van der Waals surface area contributed by atoms with Gasteiger partial charge in [0.15, 0.2) is 9.84 Å². The summed E-state index contributed by atoms with van der Waals surface area (Å²) in [6, 6.07) is 21.2. The number of carboxylic acid groups (broad SMARTS) is 1. The average molecular weight is 539 g/mol. The van der Waals surface area contributed by atoms with E-state index < -0.39 is 15.8 Å². The van der Waals surface area contributed by atoms with Crippen molar-refractivity contribution in [3.05, 3.63) is 116 Å². The number of carboxylic acids is 1. The minimum absolute atomic E-state index is 0. The highest BCUT2D eigenvalue weighted by Gasteiger charge is 2.31. The summed E-state index contributed by atoms with van der Waals surface area (Å²) in [6.07, 6.45) is 0. The van der Waals surface area contributed by atoms with Crippen LogP contribution >= 0.6 is 35.6 Å². The molecule has 0 aromatic heterocycles. The number of rotatable bonds is 7. The molecule has 9 heteroatoms. The topological polar surface area (TPSA) is 74.7 Å². The van der Waals surface area contributed by atoms with Crippen molar-refractivity contribution in [3.63, 3.8) is 0 Å². The second-order valence-corrected chi connectivity index (χ2v) is 10.7. The molecule has 0 bridgehead atoms. The molecule has 0 unspecified atom stereocenters. The van der Waals surface area contributed by atoms with E-state index in [1.165, 1.54) is 17.5 Å². The second kappa shape index (κ2) is 10.9. The zero-order valence-electron chi connectivity index (χ0n) is 17.9. The Labute approximate surface area is 215 Å². The third-order valence-electron chi connectivity index (χ3n) is 5.44. The van der Waals surface area contributed by atoms with Crippen LogP contribution in [-0.2, 0) is 15.6 Å². The molecule has 5 nitrogen and oxygen atoms in total. The minimum Gasteiger partial charge on any atom is -0.478 e. The van der Waals surface area contributed by atoms with E-state index in [-0.39, 0.29) is 29.8 Å². The monoisotopic (exact) mass is 537 g/mol. The van der Waals surface area contributed by atoms with Crippen molar-refractivity contribution in [1.82, 2.24) is 4.90 Å². The van der Waals surface area contributed by atoms with Crippen molar-refractivity contribution >= 4 is 51.4 Å². The molecule has 178 valence electrons. The molecule has 1 aliphatic rings. The molecule has 1 aliphatic heterocycles. The van der Waals surface area contributed by atoms with Crippen LogP contribution < -0.4 is 0 Å². The maximum Gasteiger partial charge on any atom is 0.335 e. The molecule has 3 aromatic rings. The highest BCUT2D eigenvalue weighted by Crippen LogP contribution is 2.35. The Balaban J connectivity index is 0.00000324. The molecule has 0 saturated carbocycles. The van der Waals surface area contributed by atoms with Crippen LogP contribution in [0.5, 0.6) is 0 Å². The van der Waals surface area contributed by atoms with Crippen molar-refractivity contribution < 1.29 is 18.3 Å². The van der Waals surface area contributed by atoms with E-state index in [4.69, 9.17) is 28.3 Å². The van der Waals surface area contributed by atoms with Gasteiger partial charge < -0.3 is 5.11 Å². The van der Waals surface area contributed by atoms with Crippen LogP contribution in [0.4, 0.5) is 0 Å². The van der Waals surface area contributed by atoms with Crippen LogP contribution in [0.3, 0.4) is 0 Å². The number of likely N-dealkylation sites (tertiary alicyclic amines) is 1. The summed E-state index contributed by atoms with van der Waals surface area (Å²) in [4.78, 5) is 13.3. The molecule has 4 rings (SSSR count). The van der Waals surface area contributed by atoms with Gasteiger partial charge in [-0.2, -0.15) is 0 Å². The first kappa shape index (κ1) is 26.3. The molecule has 0 spiro atoms. The van der Waals surface area contributed by atoms with Gasteiger partial charge in [0.25, 0.3) is 0 Å². The van der Waals surface area contributed by atoms with Gasteiger partial charge in [-0.3, -0.25) is 4.90 Å². The van der Waals surface area contributed by atoms with E-state index in [9.17, 15) is 13.2 Å². The third kappa shape index (κ3) is 6.40. The highest BCUT2D eigenvalue weighted by molar-refractivity contribution is 7.93. The van der Waals surface area contributed by atoms with Gasteiger partial charge in [0, 0.05) is 28.5 Å². The fraction of sp³-hybridized carbons (Fsp3) is 0.160. The Morgan fingerprint density at radius 3 is 1.97 bits per heavy atom. The Morgan fingerprint density at radius 2 is 1.47 bits per heavy atom. The van der Waals surface area contributed by atoms with Crippen LogP contribution in [0.15, 0.2) is 83.8 Å². The summed E-state index contributed by atoms with van der Waals surface area (Å²) in [5.74, 6) is -1.33. The second-order valence-electron chi connectivity index (χ2n) is 8.00. The number of carbonyl (C=O) groups is 1. The van der Waals surface area contributed by atoms with Crippen molar-refractivity contribution in [1.29, 1.82) is 0 Å². The summed E-state index contributed by atoms with van der Waals surface area (Å²) < 4.78 is 25.4. The van der Waals surface area contributed by atoms with Crippen molar-refractivity contribution in [3.8, 4) is 0 Å². The third-order valence-corrected chi connectivity index (χ3v) is 7.37. The van der Waals surface area contributed by atoms with E-state index in [0.717, 1.165) is 16.7 Å². The molecule has 1 N–H and O–H groups in total. The van der Waals surface area contributed by atoms with Crippen molar-refractivity contribution in [2.45, 2.75) is 11.8 Å². The molecule has 0 amide bonds. The Hall–Kier alpha value is -2.35. The molecule has 0 aliphatic carbocycles. The van der Waals surface area contributed by atoms with Gasteiger partial charge in [-0.1, -0.05) is 59.6 Å². The maximum atomic E-state index is 12.7. The van der Waals surface area contributed by atoms with Gasteiger partial charge in [0.05, 0.1) is 17.4 Å². The molecule has 1 fully saturated rings. The zero-order chi connectivity index (χ0) is 23.6. The quantitative estimate of drug-likeness (QED) is 0.398. The van der Waals surface area contributed by atoms with Crippen LogP contribution in [-0.4, -0.2) is 37.5 Å². The molecule has 0 atom stereocenters.